The van der Waals surface area contributed by atoms with E-state index in [4.69, 9.17) is 11.6 Å². The highest BCUT2D eigenvalue weighted by Gasteiger charge is 2.19. The Hall–Kier alpha value is -2.05. The molecule has 7 heteroatoms. The summed E-state index contributed by atoms with van der Waals surface area (Å²) in [6.45, 7) is 0.433. The summed E-state index contributed by atoms with van der Waals surface area (Å²) in [6.07, 6.45) is 1.10. The summed E-state index contributed by atoms with van der Waals surface area (Å²) in [5.41, 5.74) is 1.65. The minimum absolute atomic E-state index is 0.267. The first-order valence-electron chi connectivity index (χ1n) is 7.23. The summed E-state index contributed by atoms with van der Waals surface area (Å²) >= 11 is 6.14. The second-order valence-corrected chi connectivity index (χ2v) is 7.96. The van der Waals surface area contributed by atoms with Crippen molar-refractivity contribution in [3.63, 3.8) is 0 Å². The summed E-state index contributed by atoms with van der Waals surface area (Å²) in [6, 6.07) is 14.2. The summed E-state index contributed by atoms with van der Waals surface area (Å²) in [5, 5.41) is 0.283. The summed E-state index contributed by atoms with van der Waals surface area (Å²) in [4.78, 5) is 14.2. The molecule has 0 bridgehead atoms. The van der Waals surface area contributed by atoms with Gasteiger partial charge in [-0.25, -0.2) is 8.42 Å². The van der Waals surface area contributed by atoms with E-state index in [1.165, 1.54) is 19.2 Å². The molecule has 0 N–H and O–H groups in total. The molecule has 0 saturated carbocycles. The van der Waals surface area contributed by atoms with Crippen LogP contribution < -0.4 is 4.31 Å². The van der Waals surface area contributed by atoms with Crippen molar-refractivity contribution in [3.8, 4) is 0 Å². The van der Waals surface area contributed by atoms with Gasteiger partial charge in [-0.2, -0.15) is 0 Å². The van der Waals surface area contributed by atoms with Crippen molar-refractivity contribution >= 4 is 33.2 Å². The van der Waals surface area contributed by atoms with E-state index >= 15 is 0 Å². The molecule has 0 radical (unpaired) electrons. The molecule has 0 saturated heterocycles. The number of carbonyl (C=O) groups is 1. The maximum absolute atomic E-state index is 12.7. The van der Waals surface area contributed by atoms with Gasteiger partial charge in [0.1, 0.15) is 0 Å². The minimum Gasteiger partial charge on any atom is -0.337 e. The van der Waals surface area contributed by atoms with E-state index in [9.17, 15) is 13.2 Å². The number of benzene rings is 2. The highest BCUT2D eigenvalue weighted by molar-refractivity contribution is 7.92. The zero-order valence-corrected chi connectivity index (χ0v) is 15.3. The molecule has 0 aromatic heterocycles. The zero-order valence-electron chi connectivity index (χ0n) is 13.7. The van der Waals surface area contributed by atoms with Crippen molar-refractivity contribution < 1.29 is 13.2 Å². The maximum Gasteiger partial charge on any atom is 0.255 e. The zero-order chi connectivity index (χ0) is 17.9. The van der Waals surface area contributed by atoms with Gasteiger partial charge >= 0.3 is 0 Å². The second-order valence-electron chi connectivity index (χ2n) is 5.54. The fourth-order valence-corrected chi connectivity index (χ4v) is 2.89. The van der Waals surface area contributed by atoms with Crippen LogP contribution in [0.15, 0.2) is 48.5 Å². The van der Waals surface area contributed by atoms with Crippen molar-refractivity contribution in [3.05, 3.63) is 64.7 Å². The van der Waals surface area contributed by atoms with Crippen LogP contribution in [-0.2, 0) is 16.6 Å². The largest absolute Gasteiger partial charge is 0.337 e. The van der Waals surface area contributed by atoms with Crippen LogP contribution in [0.3, 0.4) is 0 Å². The second kappa shape index (κ2) is 7.23. The fraction of sp³-hybridized carbons (Fsp3) is 0.235. The van der Waals surface area contributed by atoms with E-state index in [1.807, 2.05) is 30.3 Å². The Labute approximate surface area is 147 Å². The Kier molecular flexibility index (Phi) is 5.51. The number of hydrogen-bond acceptors (Lipinski definition) is 3. The Morgan fingerprint density at radius 3 is 2.29 bits per heavy atom. The Balaban J connectivity index is 2.28. The van der Waals surface area contributed by atoms with Crippen molar-refractivity contribution in [1.82, 2.24) is 4.90 Å². The van der Waals surface area contributed by atoms with Gasteiger partial charge in [0.2, 0.25) is 10.0 Å². The average Bonchev–Trinajstić information content (AvgIpc) is 2.54. The molecule has 0 aliphatic heterocycles. The molecule has 0 heterocycles. The van der Waals surface area contributed by atoms with Gasteiger partial charge in [-0.1, -0.05) is 41.9 Å². The number of hydrogen-bond donors (Lipinski definition) is 0. The Morgan fingerprint density at radius 1 is 1.08 bits per heavy atom. The van der Waals surface area contributed by atoms with Crippen LogP contribution in [0.25, 0.3) is 0 Å². The van der Waals surface area contributed by atoms with E-state index in [-0.39, 0.29) is 16.5 Å². The molecular formula is C17H19ClN2O3S. The van der Waals surface area contributed by atoms with Gasteiger partial charge in [0.05, 0.1) is 22.5 Å². The molecule has 128 valence electrons. The first-order chi connectivity index (χ1) is 11.2. The maximum atomic E-state index is 12.7. The van der Waals surface area contributed by atoms with Gasteiger partial charge in [-0.05, 0) is 23.8 Å². The highest BCUT2D eigenvalue weighted by Crippen LogP contribution is 2.25. The number of halogens is 1. The lowest BCUT2D eigenvalue weighted by Gasteiger charge is -2.21. The third kappa shape index (κ3) is 4.27. The molecule has 1 amide bonds. The molecule has 2 aromatic rings. The number of nitrogens with zero attached hydrogens (tertiary/aromatic N) is 2. The first kappa shape index (κ1) is 18.3. The molecule has 2 rings (SSSR count). The molecule has 0 atom stereocenters. The highest BCUT2D eigenvalue weighted by atomic mass is 35.5. The molecule has 0 fully saturated rings. The van der Waals surface area contributed by atoms with Crippen molar-refractivity contribution in [2.45, 2.75) is 6.54 Å². The first-order valence-corrected chi connectivity index (χ1v) is 9.45. The minimum atomic E-state index is -3.41. The smallest absolute Gasteiger partial charge is 0.255 e. The van der Waals surface area contributed by atoms with E-state index in [1.54, 1.807) is 18.0 Å². The monoisotopic (exact) mass is 366 g/mol. The molecule has 24 heavy (non-hydrogen) atoms. The van der Waals surface area contributed by atoms with Crippen LogP contribution in [0.5, 0.6) is 0 Å². The van der Waals surface area contributed by atoms with Crippen LogP contribution in [-0.4, -0.2) is 39.6 Å². The van der Waals surface area contributed by atoms with Crippen molar-refractivity contribution in [1.29, 1.82) is 0 Å². The summed E-state index contributed by atoms with van der Waals surface area (Å²) < 4.78 is 24.4. The van der Waals surface area contributed by atoms with Gasteiger partial charge in [-0.15, -0.1) is 0 Å². The lowest BCUT2D eigenvalue weighted by Crippen LogP contribution is -2.28. The molecule has 0 aliphatic rings. The van der Waals surface area contributed by atoms with E-state index < -0.39 is 10.0 Å². The molecule has 5 nitrogen and oxygen atoms in total. The Bertz CT molecular complexity index is 838. The lowest BCUT2D eigenvalue weighted by molar-refractivity contribution is 0.0785. The van der Waals surface area contributed by atoms with Crippen LogP contribution in [0, 0.1) is 0 Å². The summed E-state index contributed by atoms with van der Waals surface area (Å²) in [7, 11) is -0.304. The average molecular weight is 367 g/mol. The van der Waals surface area contributed by atoms with Gasteiger partial charge < -0.3 is 4.90 Å². The van der Waals surface area contributed by atoms with Gasteiger partial charge in [0, 0.05) is 20.6 Å². The molecule has 2 aromatic carbocycles. The normalized spacial score (nSPS) is 11.2. The van der Waals surface area contributed by atoms with Crippen LogP contribution >= 0.6 is 11.6 Å². The topological polar surface area (TPSA) is 57.7 Å². The van der Waals surface area contributed by atoms with E-state index in [0.29, 0.717) is 12.2 Å². The quantitative estimate of drug-likeness (QED) is 0.817. The van der Waals surface area contributed by atoms with Gasteiger partial charge in [0.15, 0.2) is 0 Å². The van der Waals surface area contributed by atoms with Crippen LogP contribution in [0.1, 0.15) is 15.9 Å². The van der Waals surface area contributed by atoms with E-state index in [0.717, 1.165) is 16.1 Å². The van der Waals surface area contributed by atoms with Crippen LogP contribution in [0.2, 0.25) is 5.02 Å². The number of rotatable bonds is 5. The number of amides is 1. The van der Waals surface area contributed by atoms with Crippen molar-refractivity contribution in [2.75, 3.05) is 24.7 Å². The number of sulfonamides is 1. The van der Waals surface area contributed by atoms with Gasteiger partial charge in [0.25, 0.3) is 5.91 Å². The summed E-state index contributed by atoms with van der Waals surface area (Å²) in [5.74, 6) is -0.271. The van der Waals surface area contributed by atoms with Crippen LogP contribution in [0.4, 0.5) is 5.69 Å². The molecule has 0 aliphatic carbocycles. The van der Waals surface area contributed by atoms with E-state index in [2.05, 4.69) is 0 Å². The standard InChI is InChI=1S/C17H19ClN2O3S/c1-19(12-13-7-5-4-6-8-13)17(21)15-11-14(9-10-16(15)18)20(2)24(3,22)23/h4-11H,12H2,1-3H3. The molecule has 0 spiro atoms. The fourth-order valence-electron chi connectivity index (χ4n) is 2.20. The predicted molar refractivity (Wildman–Crippen MR) is 96.9 cm³/mol. The number of anilines is 1. The molecular weight excluding hydrogens is 348 g/mol. The Morgan fingerprint density at radius 2 is 1.71 bits per heavy atom. The number of carbonyl (C=O) groups excluding carboxylic acids is 1. The third-order valence-electron chi connectivity index (χ3n) is 3.65. The lowest BCUT2D eigenvalue weighted by atomic mass is 10.1. The third-order valence-corrected chi connectivity index (χ3v) is 5.19. The molecule has 0 unspecified atom stereocenters. The van der Waals surface area contributed by atoms with Crippen molar-refractivity contribution in [2.24, 2.45) is 0 Å². The predicted octanol–water partition coefficient (Wildman–Crippen LogP) is 3.01. The SMILES string of the molecule is CN(Cc1ccccc1)C(=O)c1cc(N(C)S(C)(=O)=O)ccc1Cl. The van der Waals surface area contributed by atoms with Gasteiger partial charge in [-0.3, -0.25) is 9.10 Å².